The number of nitrogens with zero attached hydrogens (tertiary/aromatic N) is 2. The number of ether oxygens (including phenoxy) is 2. The van der Waals surface area contributed by atoms with Gasteiger partial charge in [0.15, 0.2) is 11.5 Å². The van der Waals surface area contributed by atoms with Crippen LogP contribution in [0, 0.1) is 0 Å². The summed E-state index contributed by atoms with van der Waals surface area (Å²) in [4.78, 5) is 40.5. The SMILES string of the molecule is CCCN(CCC)C(=O)CN1C(=O)S/C(=C\c2ccc(OC)c(OC)c2)C1=O. The first-order valence-corrected chi connectivity index (χ1v) is 10.0. The van der Waals surface area contributed by atoms with Gasteiger partial charge in [0.25, 0.3) is 11.1 Å². The minimum Gasteiger partial charge on any atom is -0.493 e. The smallest absolute Gasteiger partial charge is 0.294 e. The van der Waals surface area contributed by atoms with Gasteiger partial charge in [-0.1, -0.05) is 19.9 Å². The largest absolute Gasteiger partial charge is 0.493 e. The van der Waals surface area contributed by atoms with E-state index in [1.54, 1.807) is 36.3 Å². The van der Waals surface area contributed by atoms with Gasteiger partial charge in [0.2, 0.25) is 5.91 Å². The molecule has 1 aromatic carbocycles. The van der Waals surface area contributed by atoms with Crippen molar-refractivity contribution in [1.29, 1.82) is 0 Å². The van der Waals surface area contributed by atoms with E-state index in [0.29, 0.717) is 30.2 Å². The number of methoxy groups -OCH3 is 2. The van der Waals surface area contributed by atoms with Gasteiger partial charge in [-0.15, -0.1) is 0 Å². The second-order valence-electron chi connectivity index (χ2n) is 6.26. The van der Waals surface area contributed by atoms with Crippen molar-refractivity contribution in [1.82, 2.24) is 9.80 Å². The van der Waals surface area contributed by atoms with Crippen LogP contribution in [0.2, 0.25) is 0 Å². The number of carbonyl (C=O) groups excluding carboxylic acids is 3. The molecule has 0 radical (unpaired) electrons. The molecular formula is C20H26N2O5S. The maximum absolute atomic E-state index is 12.7. The van der Waals surface area contributed by atoms with E-state index in [2.05, 4.69) is 0 Å². The molecule has 1 saturated heterocycles. The molecule has 0 atom stereocenters. The standard InChI is InChI=1S/C20H26N2O5S/c1-5-9-21(10-6-2)18(23)13-22-19(24)17(28-20(22)25)12-14-7-8-15(26-3)16(11-14)27-4/h7-8,11-12H,5-6,9-10,13H2,1-4H3/b17-12-. The summed E-state index contributed by atoms with van der Waals surface area (Å²) in [6.45, 7) is 4.98. The third-order valence-electron chi connectivity index (χ3n) is 4.21. The molecule has 0 aliphatic carbocycles. The van der Waals surface area contributed by atoms with Gasteiger partial charge in [0.05, 0.1) is 19.1 Å². The van der Waals surface area contributed by atoms with Gasteiger partial charge in [-0.05, 0) is 48.4 Å². The van der Waals surface area contributed by atoms with Gasteiger partial charge in [0.1, 0.15) is 6.54 Å². The molecule has 0 N–H and O–H groups in total. The summed E-state index contributed by atoms with van der Waals surface area (Å²) in [5, 5.41) is -0.432. The van der Waals surface area contributed by atoms with Gasteiger partial charge in [-0.25, -0.2) is 0 Å². The third kappa shape index (κ3) is 5.07. The topological polar surface area (TPSA) is 76.2 Å². The van der Waals surface area contributed by atoms with E-state index in [4.69, 9.17) is 9.47 Å². The number of amides is 3. The fraction of sp³-hybridized carbons (Fsp3) is 0.450. The Bertz CT molecular complexity index is 772. The van der Waals surface area contributed by atoms with Crippen LogP contribution >= 0.6 is 11.8 Å². The zero-order valence-corrected chi connectivity index (χ0v) is 17.5. The summed E-state index contributed by atoms with van der Waals surface area (Å²) in [5.74, 6) is 0.440. The highest BCUT2D eigenvalue weighted by molar-refractivity contribution is 8.18. The van der Waals surface area contributed by atoms with Gasteiger partial charge in [-0.3, -0.25) is 19.3 Å². The van der Waals surface area contributed by atoms with Crippen LogP contribution in [-0.4, -0.2) is 60.7 Å². The first kappa shape index (κ1) is 21.8. The highest BCUT2D eigenvalue weighted by Gasteiger charge is 2.37. The van der Waals surface area contributed by atoms with Gasteiger partial charge < -0.3 is 14.4 Å². The average molecular weight is 407 g/mol. The summed E-state index contributed by atoms with van der Waals surface area (Å²) in [5.41, 5.74) is 0.702. The average Bonchev–Trinajstić information content (AvgIpc) is 2.95. The number of carbonyl (C=O) groups is 3. The van der Waals surface area contributed by atoms with Gasteiger partial charge in [-0.2, -0.15) is 0 Å². The summed E-state index contributed by atoms with van der Waals surface area (Å²) in [7, 11) is 3.07. The highest BCUT2D eigenvalue weighted by atomic mass is 32.2. The van der Waals surface area contributed by atoms with Gasteiger partial charge in [0, 0.05) is 13.1 Å². The van der Waals surface area contributed by atoms with Crippen molar-refractivity contribution in [2.45, 2.75) is 26.7 Å². The number of imide groups is 1. The van der Waals surface area contributed by atoms with Crippen LogP contribution in [0.15, 0.2) is 23.1 Å². The number of hydrogen-bond donors (Lipinski definition) is 0. The summed E-state index contributed by atoms with van der Waals surface area (Å²) >= 11 is 0.836. The lowest BCUT2D eigenvalue weighted by atomic mass is 10.2. The molecule has 1 fully saturated rings. The minimum atomic E-state index is -0.453. The molecule has 28 heavy (non-hydrogen) atoms. The molecule has 152 valence electrons. The van der Waals surface area contributed by atoms with E-state index in [1.165, 1.54) is 7.11 Å². The zero-order valence-electron chi connectivity index (χ0n) is 16.7. The third-order valence-corrected chi connectivity index (χ3v) is 5.12. The second-order valence-corrected chi connectivity index (χ2v) is 7.26. The van der Waals surface area contributed by atoms with Crippen LogP contribution in [-0.2, 0) is 9.59 Å². The monoisotopic (exact) mass is 406 g/mol. The Kier molecular flexibility index (Phi) is 7.92. The summed E-state index contributed by atoms with van der Waals surface area (Å²) < 4.78 is 10.5. The second kappa shape index (κ2) is 10.2. The Morgan fingerprint density at radius 2 is 1.75 bits per heavy atom. The van der Waals surface area contributed by atoms with Crippen LogP contribution < -0.4 is 9.47 Å². The number of benzene rings is 1. The maximum atomic E-state index is 12.7. The van der Waals surface area contributed by atoms with E-state index in [0.717, 1.165) is 29.5 Å². The predicted molar refractivity (Wildman–Crippen MR) is 109 cm³/mol. The van der Waals surface area contributed by atoms with Crippen LogP contribution in [0.4, 0.5) is 4.79 Å². The number of hydrogen-bond acceptors (Lipinski definition) is 6. The Balaban J connectivity index is 2.16. The van der Waals surface area contributed by atoms with Crippen LogP contribution in [0.1, 0.15) is 32.3 Å². The predicted octanol–water partition coefficient (Wildman–Crippen LogP) is 3.39. The summed E-state index contributed by atoms with van der Waals surface area (Å²) in [6, 6.07) is 5.22. The van der Waals surface area contributed by atoms with Crippen LogP contribution in [0.5, 0.6) is 11.5 Å². The molecule has 0 saturated carbocycles. The molecule has 3 amide bonds. The molecular weight excluding hydrogens is 380 g/mol. The summed E-state index contributed by atoms with van der Waals surface area (Å²) in [6.07, 6.45) is 3.27. The molecule has 8 heteroatoms. The quantitative estimate of drug-likeness (QED) is 0.585. The minimum absolute atomic E-state index is 0.210. The first-order valence-electron chi connectivity index (χ1n) is 9.20. The van der Waals surface area contributed by atoms with Crippen molar-refractivity contribution < 1.29 is 23.9 Å². The molecule has 2 rings (SSSR count). The zero-order chi connectivity index (χ0) is 20.7. The lowest BCUT2D eigenvalue weighted by Gasteiger charge is -2.23. The van der Waals surface area contributed by atoms with Crippen LogP contribution in [0.3, 0.4) is 0 Å². The Hall–Kier alpha value is -2.48. The van der Waals surface area contributed by atoms with Crippen molar-refractivity contribution in [3.8, 4) is 11.5 Å². The molecule has 0 unspecified atom stereocenters. The Morgan fingerprint density at radius 3 is 2.32 bits per heavy atom. The molecule has 0 spiro atoms. The molecule has 0 bridgehead atoms. The normalized spacial score (nSPS) is 15.3. The molecule has 1 heterocycles. The van der Waals surface area contributed by atoms with E-state index in [-0.39, 0.29) is 17.4 Å². The maximum Gasteiger partial charge on any atom is 0.294 e. The molecule has 1 aliphatic rings. The lowest BCUT2D eigenvalue weighted by molar-refractivity contribution is -0.135. The molecule has 7 nitrogen and oxygen atoms in total. The van der Waals surface area contributed by atoms with E-state index < -0.39 is 11.1 Å². The van der Waals surface area contributed by atoms with Crippen LogP contribution in [0.25, 0.3) is 6.08 Å². The molecule has 1 aromatic rings. The van der Waals surface area contributed by atoms with Crippen molar-refractivity contribution >= 4 is 34.9 Å². The molecule has 0 aromatic heterocycles. The van der Waals surface area contributed by atoms with E-state index in [9.17, 15) is 14.4 Å². The van der Waals surface area contributed by atoms with E-state index >= 15 is 0 Å². The molecule has 1 aliphatic heterocycles. The highest BCUT2D eigenvalue weighted by Crippen LogP contribution is 2.34. The fourth-order valence-corrected chi connectivity index (χ4v) is 3.70. The van der Waals surface area contributed by atoms with Crippen molar-refractivity contribution in [3.63, 3.8) is 0 Å². The Morgan fingerprint density at radius 1 is 1.11 bits per heavy atom. The Labute approximate surface area is 169 Å². The first-order chi connectivity index (χ1) is 13.4. The number of rotatable bonds is 9. The van der Waals surface area contributed by atoms with Crippen molar-refractivity contribution in [2.24, 2.45) is 0 Å². The number of thioether (sulfide) groups is 1. The van der Waals surface area contributed by atoms with Gasteiger partial charge >= 0.3 is 0 Å². The lowest BCUT2D eigenvalue weighted by Crippen LogP contribution is -2.42. The van der Waals surface area contributed by atoms with Crippen molar-refractivity contribution in [2.75, 3.05) is 33.9 Å². The van der Waals surface area contributed by atoms with E-state index in [1.807, 2.05) is 13.8 Å². The fourth-order valence-electron chi connectivity index (χ4n) is 2.87. The van der Waals surface area contributed by atoms with Crippen molar-refractivity contribution in [3.05, 3.63) is 28.7 Å².